The molecule has 0 saturated heterocycles. The zero-order valence-corrected chi connectivity index (χ0v) is 19.3. The average molecular weight is 502 g/mol. The smallest absolute Gasteiger partial charge is 0.213 e. The molecule has 0 radical (unpaired) electrons. The van der Waals surface area contributed by atoms with Gasteiger partial charge in [-0.25, -0.2) is 4.98 Å². The third kappa shape index (κ3) is 8.94. The van der Waals surface area contributed by atoms with Crippen LogP contribution in [-0.2, 0) is 11.3 Å². The van der Waals surface area contributed by atoms with Crippen molar-refractivity contribution in [1.29, 1.82) is 0 Å². The van der Waals surface area contributed by atoms with E-state index in [1.54, 1.807) is 7.05 Å². The molecule has 0 aromatic carbocycles. The Morgan fingerprint density at radius 2 is 1.96 bits per heavy atom. The number of rotatable bonds is 10. The van der Waals surface area contributed by atoms with E-state index in [4.69, 9.17) is 9.47 Å². The molecule has 0 aliphatic heterocycles. The SMILES string of the molecule is CN=C(NCCCOC1CCCCC1)NCc1ccc(OCC2CC2)nc1.I. The molecule has 2 aliphatic carbocycles. The molecule has 0 unspecified atom stereocenters. The van der Waals surface area contributed by atoms with Crippen LogP contribution in [0.2, 0.25) is 0 Å². The lowest BCUT2D eigenvalue weighted by atomic mass is 9.98. The van der Waals surface area contributed by atoms with Gasteiger partial charge in [0.05, 0.1) is 12.7 Å². The summed E-state index contributed by atoms with van der Waals surface area (Å²) >= 11 is 0. The highest BCUT2D eigenvalue weighted by Gasteiger charge is 2.22. The second-order valence-electron chi connectivity index (χ2n) is 7.60. The first-order valence-electron chi connectivity index (χ1n) is 10.5. The average Bonchev–Trinajstić information content (AvgIpc) is 3.54. The number of aromatic nitrogens is 1. The molecule has 1 heterocycles. The number of guanidine groups is 1. The van der Waals surface area contributed by atoms with E-state index in [0.29, 0.717) is 18.5 Å². The summed E-state index contributed by atoms with van der Waals surface area (Å²) in [4.78, 5) is 8.65. The fourth-order valence-electron chi connectivity index (χ4n) is 3.26. The summed E-state index contributed by atoms with van der Waals surface area (Å²) in [6, 6.07) is 3.99. The molecule has 7 heteroatoms. The van der Waals surface area contributed by atoms with Gasteiger partial charge < -0.3 is 20.1 Å². The molecule has 28 heavy (non-hydrogen) atoms. The van der Waals surface area contributed by atoms with Gasteiger partial charge in [-0.3, -0.25) is 4.99 Å². The van der Waals surface area contributed by atoms with Gasteiger partial charge in [0.25, 0.3) is 0 Å². The minimum atomic E-state index is 0. The molecule has 158 valence electrons. The van der Waals surface area contributed by atoms with Crippen LogP contribution in [0, 0.1) is 5.92 Å². The van der Waals surface area contributed by atoms with Crippen molar-refractivity contribution in [2.45, 2.75) is 64.0 Å². The molecular weight excluding hydrogens is 467 g/mol. The van der Waals surface area contributed by atoms with E-state index in [-0.39, 0.29) is 24.0 Å². The molecule has 0 bridgehead atoms. The molecule has 0 atom stereocenters. The maximum absolute atomic E-state index is 5.96. The lowest BCUT2D eigenvalue weighted by molar-refractivity contribution is 0.0277. The van der Waals surface area contributed by atoms with Gasteiger partial charge in [0.1, 0.15) is 0 Å². The topological polar surface area (TPSA) is 67.8 Å². The first-order valence-corrected chi connectivity index (χ1v) is 10.5. The van der Waals surface area contributed by atoms with Crippen LogP contribution >= 0.6 is 24.0 Å². The molecule has 0 spiro atoms. The Hall–Kier alpha value is -1.09. The summed E-state index contributed by atoms with van der Waals surface area (Å²) in [5.74, 6) is 2.27. The van der Waals surface area contributed by atoms with Crippen LogP contribution in [-0.4, -0.2) is 43.9 Å². The van der Waals surface area contributed by atoms with Gasteiger partial charge in [-0.2, -0.15) is 0 Å². The van der Waals surface area contributed by atoms with Crippen LogP contribution in [0.1, 0.15) is 56.9 Å². The van der Waals surface area contributed by atoms with Gasteiger partial charge in [-0.1, -0.05) is 25.3 Å². The highest BCUT2D eigenvalue weighted by molar-refractivity contribution is 14.0. The van der Waals surface area contributed by atoms with E-state index >= 15 is 0 Å². The molecular formula is C21H35IN4O2. The molecule has 2 fully saturated rings. The van der Waals surface area contributed by atoms with E-state index in [9.17, 15) is 0 Å². The number of hydrogen-bond donors (Lipinski definition) is 2. The van der Waals surface area contributed by atoms with Crippen molar-refractivity contribution in [3.8, 4) is 5.88 Å². The van der Waals surface area contributed by atoms with E-state index in [1.807, 2.05) is 18.3 Å². The number of hydrogen-bond acceptors (Lipinski definition) is 4. The van der Waals surface area contributed by atoms with Crippen LogP contribution in [0.4, 0.5) is 0 Å². The highest BCUT2D eigenvalue weighted by Crippen LogP contribution is 2.29. The summed E-state index contributed by atoms with van der Waals surface area (Å²) in [5, 5.41) is 6.67. The summed E-state index contributed by atoms with van der Waals surface area (Å²) < 4.78 is 11.6. The molecule has 6 nitrogen and oxygen atoms in total. The largest absolute Gasteiger partial charge is 0.477 e. The molecule has 2 N–H and O–H groups in total. The van der Waals surface area contributed by atoms with Crippen molar-refractivity contribution in [2.24, 2.45) is 10.9 Å². The van der Waals surface area contributed by atoms with E-state index in [2.05, 4.69) is 20.6 Å². The Labute approximate surface area is 186 Å². The molecule has 0 amide bonds. The second kappa shape index (κ2) is 13.2. The molecule has 2 saturated carbocycles. The highest BCUT2D eigenvalue weighted by atomic mass is 127. The minimum Gasteiger partial charge on any atom is -0.477 e. The van der Waals surface area contributed by atoms with Gasteiger partial charge in [-0.05, 0) is 43.6 Å². The monoisotopic (exact) mass is 502 g/mol. The lowest BCUT2D eigenvalue weighted by Gasteiger charge is -2.22. The fourth-order valence-corrected chi connectivity index (χ4v) is 3.26. The van der Waals surface area contributed by atoms with Crippen LogP contribution in [0.25, 0.3) is 0 Å². The zero-order valence-electron chi connectivity index (χ0n) is 17.0. The van der Waals surface area contributed by atoms with Crippen molar-refractivity contribution in [3.05, 3.63) is 23.9 Å². The standard InChI is InChI=1S/C21H34N4O2.HI/c1-22-21(23-12-5-13-26-19-6-3-2-4-7-19)25-15-18-10-11-20(24-14-18)27-16-17-8-9-17;/h10-11,14,17,19H,2-9,12-13,15-16H2,1H3,(H2,22,23,25);1H. The van der Waals surface area contributed by atoms with Crippen LogP contribution in [0.5, 0.6) is 5.88 Å². The Bertz CT molecular complexity index is 572. The summed E-state index contributed by atoms with van der Waals surface area (Å²) in [6.07, 6.45) is 12.4. The van der Waals surface area contributed by atoms with Gasteiger partial charge in [-0.15, -0.1) is 24.0 Å². The predicted molar refractivity (Wildman–Crippen MR) is 124 cm³/mol. The first-order chi connectivity index (χ1) is 13.3. The van der Waals surface area contributed by atoms with Gasteiger partial charge in [0.2, 0.25) is 5.88 Å². The van der Waals surface area contributed by atoms with Crippen molar-refractivity contribution in [3.63, 3.8) is 0 Å². The Kier molecular flexibility index (Phi) is 10.9. The maximum Gasteiger partial charge on any atom is 0.213 e. The minimum absolute atomic E-state index is 0. The van der Waals surface area contributed by atoms with Crippen molar-refractivity contribution < 1.29 is 9.47 Å². The van der Waals surface area contributed by atoms with E-state index in [1.165, 1.54) is 44.9 Å². The molecule has 2 aliphatic rings. The Morgan fingerprint density at radius 1 is 1.14 bits per heavy atom. The number of nitrogens with one attached hydrogen (secondary N) is 2. The Balaban J connectivity index is 0.00000280. The van der Waals surface area contributed by atoms with Crippen LogP contribution in [0.3, 0.4) is 0 Å². The zero-order chi connectivity index (χ0) is 18.7. The summed E-state index contributed by atoms with van der Waals surface area (Å²) in [7, 11) is 1.79. The lowest BCUT2D eigenvalue weighted by Crippen LogP contribution is -2.37. The normalized spacial score (nSPS) is 17.7. The van der Waals surface area contributed by atoms with Gasteiger partial charge in [0, 0.05) is 39.0 Å². The number of halogens is 1. The third-order valence-electron chi connectivity index (χ3n) is 5.16. The summed E-state index contributed by atoms with van der Waals surface area (Å²) in [5.41, 5.74) is 1.11. The fraction of sp³-hybridized carbons (Fsp3) is 0.714. The quantitative estimate of drug-likeness (QED) is 0.220. The second-order valence-corrected chi connectivity index (χ2v) is 7.60. The Morgan fingerprint density at radius 3 is 2.64 bits per heavy atom. The molecule has 1 aromatic heterocycles. The maximum atomic E-state index is 5.96. The van der Waals surface area contributed by atoms with E-state index < -0.39 is 0 Å². The van der Waals surface area contributed by atoms with Crippen molar-refractivity contribution >= 4 is 29.9 Å². The van der Waals surface area contributed by atoms with Crippen molar-refractivity contribution in [1.82, 2.24) is 15.6 Å². The third-order valence-corrected chi connectivity index (χ3v) is 5.16. The molecule has 1 aromatic rings. The first kappa shape index (κ1) is 23.2. The van der Waals surface area contributed by atoms with Crippen molar-refractivity contribution in [2.75, 3.05) is 26.8 Å². The van der Waals surface area contributed by atoms with E-state index in [0.717, 1.165) is 43.6 Å². The molecule has 3 rings (SSSR count). The summed E-state index contributed by atoms with van der Waals surface area (Å²) in [6.45, 7) is 3.17. The number of pyridine rings is 1. The number of nitrogens with zero attached hydrogens (tertiary/aromatic N) is 2. The number of ether oxygens (including phenoxy) is 2. The number of aliphatic imine (C=N–C) groups is 1. The predicted octanol–water partition coefficient (Wildman–Crippen LogP) is 3.89. The van der Waals surface area contributed by atoms with Crippen LogP contribution in [0.15, 0.2) is 23.3 Å². The van der Waals surface area contributed by atoms with Gasteiger partial charge >= 0.3 is 0 Å². The van der Waals surface area contributed by atoms with Crippen LogP contribution < -0.4 is 15.4 Å². The van der Waals surface area contributed by atoms with Gasteiger partial charge in [0.15, 0.2) is 5.96 Å².